The van der Waals surface area contributed by atoms with Crippen molar-refractivity contribution in [3.05, 3.63) is 51.5 Å². The van der Waals surface area contributed by atoms with Crippen molar-refractivity contribution in [3.8, 4) is 0 Å². The molecule has 29 heavy (non-hydrogen) atoms. The van der Waals surface area contributed by atoms with E-state index in [-0.39, 0.29) is 23.3 Å². The number of likely N-dealkylation sites (tertiary alicyclic amines) is 1. The Balaban J connectivity index is 1.37. The third-order valence-electron chi connectivity index (χ3n) is 5.71. The molecule has 1 unspecified atom stereocenters. The van der Waals surface area contributed by atoms with E-state index in [1.54, 1.807) is 4.90 Å². The van der Waals surface area contributed by atoms with E-state index in [9.17, 15) is 18.4 Å². The van der Waals surface area contributed by atoms with E-state index in [1.807, 2.05) is 5.38 Å². The van der Waals surface area contributed by atoms with Crippen LogP contribution in [-0.4, -0.2) is 34.8 Å². The zero-order valence-electron chi connectivity index (χ0n) is 16.0. The molecule has 2 fully saturated rings. The minimum Gasteiger partial charge on any atom is -0.350 e. The lowest BCUT2D eigenvalue weighted by Gasteiger charge is -2.32. The van der Waals surface area contributed by atoms with Gasteiger partial charge in [-0.3, -0.25) is 9.59 Å². The number of carbonyl (C=O) groups excluding carboxylic acids is 2. The number of hydrogen-bond acceptors (Lipinski definition) is 4. The Bertz CT molecular complexity index is 913. The number of halogens is 2. The maximum atomic E-state index is 14.0. The van der Waals surface area contributed by atoms with Crippen LogP contribution in [-0.2, 0) is 11.3 Å². The second-order valence-electron chi connectivity index (χ2n) is 7.74. The first kappa shape index (κ1) is 19.9. The first-order chi connectivity index (χ1) is 14.0. The maximum Gasteiger partial charge on any atom is 0.256 e. The lowest BCUT2D eigenvalue weighted by atomic mass is 9.85. The first-order valence-electron chi connectivity index (χ1n) is 9.97. The Morgan fingerprint density at radius 3 is 2.76 bits per heavy atom. The van der Waals surface area contributed by atoms with Crippen molar-refractivity contribution < 1.29 is 18.4 Å². The van der Waals surface area contributed by atoms with Crippen LogP contribution in [0, 0.1) is 17.6 Å². The van der Waals surface area contributed by atoms with Crippen molar-refractivity contribution in [2.75, 3.05) is 13.1 Å². The molecule has 1 aromatic heterocycles. The summed E-state index contributed by atoms with van der Waals surface area (Å²) in [5.41, 5.74) is 0.719. The molecule has 1 saturated carbocycles. The van der Waals surface area contributed by atoms with Gasteiger partial charge in [0.2, 0.25) is 5.91 Å². The molecule has 2 aliphatic rings. The number of nitrogens with one attached hydrogen (secondary N) is 1. The van der Waals surface area contributed by atoms with Gasteiger partial charge in [0.15, 0.2) is 0 Å². The Labute approximate surface area is 172 Å². The third-order valence-corrected chi connectivity index (χ3v) is 6.76. The monoisotopic (exact) mass is 419 g/mol. The standard InChI is InChI=1S/C21H23F2N3O2S/c22-15-6-7-17(18(23)9-15)21(28)26-8-2-5-14(11-26)20-25-16(12-29-20)10-24-19(27)13-3-1-4-13/h6-7,9,12-14H,1-5,8,10-11H2,(H,24,27). The summed E-state index contributed by atoms with van der Waals surface area (Å²) in [7, 11) is 0. The van der Waals surface area contributed by atoms with Gasteiger partial charge in [-0.25, -0.2) is 13.8 Å². The van der Waals surface area contributed by atoms with Crippen LogP contribution in [0.5, 0.6) is 0 Å². The fourth-order valence-corrected chi connectivity index (χ4v) is 4.73. The summed E-state index contributed by atoms with van der Waals surface area (Å²) in [5.74, 6) is -1.63. The highest BCUT2D eigenvalue weighted by Crippen LogP contribution is 2.30. The zero-order valence-corrected chi connectivity index (χ0v) is 16.8. The summed E-state index contributed by atoms with van der Waals surface area (Å²) >= 11 is 1.53. The molecule has 1 aromatic carbocycles. The predicted octanol–water partition coefficient (Wildman–Crippen LogP) is 3.86. The number of hydrogen-bond donors (Lipinski definition) is 1. The van der Waals surface area contributed by atoms with Crippen LogP contribution in [0.3, 0.4) is 0 Å². The molecule has 5 nitrogen and oxygen atoms in total. The molecule has 8 heteroatoms. The van der Waals surface area contributed by atoms with E-state index in [2.05, 4.69) is 10.3 Å². The topological polar surface area (TPSA) is 62.3 Å². The maximum absolute atomic E-state index is 14.0. The van der Waals surface area contributed by atoms with Crippen LogP contribution in [0.4, 0.5) is 8.78 Å². The summed E-state index contributed by atoms with van der Waals surface area (Å²) < 4.78 is 27.1. The third kappa shape index (κ3) is 4.47. The zero-order chi connectivity index (χ0) is 20.4. The average molecular weight is 419 g/mol. The molecule has 0 radical (unpaired) electrons. The number of aromatic nitrogens is 1. The van der Waals surface area contributed by atoms with Gasteiger partial charge in [-0.05, 0) is 37.8 Å². The smallest absolute Gasteiger partial charge is 0.256 e. The SMILES string of the molecule is O=C(NCc1csc(C2CCCN(C(=O)c3ccc(F)cc3F)C2)n1)C1CCC1. The highest BCUT2D eigenvalue weighted by Gasteiger charge is 2.29. The average Bonchev–Trinajstić information content (AvgIpc) is 3.14. The van der Waals surface area contributed by atoms with Crippen molar-refractivity contribution in [2.45, 2.75) is 44.6 Å². The first-order valence-corrected chi connectivity index (χ1v) is 10.9. The van der Waals surface area contributed by atoms with E-state index in [4.69, 9.17) is 0 Å². The second-order valence-corrected chi connectivity index (χ2v) is 8.63. The van der Waals surface area contributed by atoms with Gasteiger partial charge in [0.1, 0.15) is 11.6 Å². The molecule has 1 saturated heterocycles. The van der Waals surface area contributed by atoms with Gasteiger partial charge in [0.05, 0.1) is 22.8 Å². The molecule has 1 aliphatic heterocycles. The molecule has 2 amide bonds. The van der Waals surface area contributed by atoms with Crippen molar-refractivity contribution in [1.29, 1.82) is 0 Å². The van der Waals surface area contributed by atoms with Crippen LogP contribution in [0.15, 0.2) is 23.6 Å². The molecule has 1 aliphatic carbocycles. The molecule has 4 rings (SSSR count). The minimum absolute atomic E-state index is 0.0808. The minimum atomic E-state index is -0.837. The Kier molecular flexibility index (Phi) is 5.89. The molecular formula is C21H23F2N3O2S. The lowest BCUT2D eigenvalue weighted by Crippen LogP contribution is -2.39. The number of benzene rings is 1. The van der Waals surface area contributed by atoms with E-state index in [0.29, 0.717) is 19.6 Å². The fourth-order valence-electron chi connectivity index (χ4n) is 3.78. The number of rotatable bonds is 5. The van der Waals surface area contributed by atoms with E-state index in [1.165, 1.54) is 17.4 Å². The number of amides is 2. The Morgan fingerprint density at radius 2 is 2.03 bits per heavy atom. The Morgan fingerprint density at radius 1 is 1.21 bits per heavy atom. The van der Waals surface area contributed by atoms with Gasteiger partial charge >= 0.3 is 0 Å². The number of piperidine rings is 1. The fraction of sp³-hybridized carbons (Fsp3) is 0.476. The quantitative estimate of drug-likeness (QED) is 0.801. The van der Waals surface area contributed by atoms with Crippen LogP contribution < -0.4 is 5.32 Å². The summed E-state index contributed by atoms with van der Waals surface area (Å²) in [5, 5.41) is 5.81. The van der Waals surface area contributed by atoms with Crippen molar-refractivity contribution >= 4 is 23.2 Å². The van der Waals surface area contributed by atoms with Crippen molar-refractivity contribution in [2.24, 2.45) is 5.92 Å². The molecule has 0 spiro atoms. The van der Waals surface area contributed by atoms with E-state index in [0.717, 1.165) is 54.9 Å². The van der Waals surface area contributed by atoms with Crippen molar-refractivity contribution in [3.63, 3.8) is 0 Å². The van der Waals surface area contributed by atoms with Crippen molar-refractivity contribution in [1.82, 2.24) is 15.2 Å². The van der Waals surface area contributed by atoms with E-state index >= 15 is 0 Å². The molecular weight excluding hydrogens is 396 g/mol. The summed E-state index contributed by atoms with van der Waals surface area (Å²) in [6, 6.07) is 3.03. The van der Waals surface area contributed by atoms with Crippen LogP contribution >= 0.6 is 11.3 Å². The van der Waals surface area contributed by atoms with Gasteiger partial charge in [-0.1, -0.05) is 6.42 Å². The van der Waals surface area contributed by atoms with Gasteiger partial charge < -0.3 is 10.2 Å². The largest absolute Gasteiger partial charge is 0.350 e. The van der Waals surface area contributed by atoms with Crippen LogP contribution in [0.1, 0.15) is 59.1 Å². The highest BCUT2D eigenvalue weighted by molar-refractivity contribution is 7.09. The van der Waals surface area contributed by atoms with Gasteiger partial charge in [0, 0.05) is 36.4 Å². The molecule has 1 N–H and O–H groups in total. The summed E-state index contributed by atoms with van der Waals surface area (Å²) in [4.78, 5) is 30.9. The lowest BCUT2D eigenvalue weighted by molar-refractivity contribution is -0.127. The summed E-state index contributed by atoms with van der Waals surface area (Å²) in [6.45, 7) is 1.42. The molecule has 2 aromatic rings. The summed E-state index contributed by atoms with van der Waals surface area (Å²) in [6.07, 6.45) is 4.75. The van der Waals surface area contributed by atoms with Crippen LogP contribution in [0.2, 0.25) is 0 Å². The number of nitrogens with zero attached hydrogens (tertiary/aromatic N) is 2. The number of carbonyl (C=O) groups is 2. The van der Waals surface area contributed by atoms with E-state index < -0.39 is 17.5 Å². The predicted molar refractivity (Wildman–Crippen MR) is 106 cm³/mol. The Hall–Kier alpha value is -2.35. The van der Waals surface area contributed by atoms with Gasteiger partial charge in [-0.15, -0.1) is 11.3 Å². The normalized spacial score (nSPS) is 19.7. The number of thiazole rings is 1. The molecule has 0 bridgehead atoms. The second kappa shape index (κ2) is 8.57. The van der Waals surface area contributed by atoms with Gasteiger partial charge in [0.25, 0.3) is 5.91 Å². The molecule has 154 valence electrons. The van der Waals surface area contributed by atoms with Gasteiger partial charge in [-0.2, -0.15) is 0 Å². The molecule has 1 atom stereocenters. The van der Waals surface area contributed by atoms with Crippen LogP contribution in [0.25, 0.3) is 0 Å². The highest BCUT2D eigenvalue weighted by atomic mass is 32.1. The molecule has 2 heterocycles.